The lowest BCUT2D eigenvalue weighted by Gasteiger charge is -2.29. The van der Waals surface area contributed by atoms with E-state index in [-0.39, 0.29) is 12.0 Å². The number of aromatic nitrogens is 1. The van der Waals surface area contributed by atoms with Crippen molar-refractivity contribution < 1.29 is 9.90 Å². The van der Waals surface area contributed by atoms with Crippen molar-refractivity contribution in [2.24, 2.45) is 0 Å². The van der Waals surface area contributed by atoms with Crippen molar-refractivity contribution in [2.45, 2.75) is 32.3 Å². The summed E-state index contributed by atoms with van der Waals surface area (Å²) in [6, 6.07) is 0. The third kappa shape index (κ3) is 4.26. The van der Waals surface area contributed by atoms with E-state index < -0.39 is 0 Å². The summed E-state index contributed by atoms with van der Waals surface area (Å²) in [6.45, 7) is 5.44. The molecule has 2 heterocycles. The van der Waals surface area contributed by atoms with Crippen LogP contribution in [0.25, 0.3) is 0 Å². The summed E-state index contributed by atoms with van der Waals surface area (Å²) in [5.41, 5.74) is 1.48. The van der Waals surface area contributed by atoms with Crippen molar-refractivity contribution in [1.29, 1.82) is 0 Å². The number of carbonyl (C=O) groups excluding carboxylic acids is 1. The van der Waals surface area contributed by atoms with Gasteiger partial charge < -0.3 is 15.3 Å². The molecule has 1 saturated heterocycles. The summed E-state index contributed by atoms with van der Waals surface area (Å²) in [4.78, 5) is 14.2. The standard InChI is InChI=1S/C13H21N3O2S/c1-10-12(9-19-15-10)13(18)14-5-2-6-16-7-3-11(17)4-8-16/h9,11,17H,2-8H2,1H3,(H,14,18). The fourth-order valence-electron chi connectivity index (χ4n) is 2.25. The topological polar surface area (TPSA) is 65.5 Å². The first-order chi connectivity index (χ1) is 9.16. The molecule has 0 atom stereocenters. The summed E-state index contributed by atoms with van der Waals surface area (Å²) in [5, 5.41) is 14.1. The molecule has 19 heavy (non-hydrogen) atoms. The van der Waals surface area contributed by atoms with Crippen molar-refractivity contribution >= 4 is 17.4 Å². The number of carbonyl (C=O) groups is 1. The highest BCUT2D eigenvalue weighted by molar-refractivity contribution is 7.03. The summed E-state index contributed by atoms with van der Waals surface area (Å²) in [6.07, 6.45) is 2.56. The maximum absolute atomic E-state index is 11.8. The van der Waals surface area contributed by atoms with Gasteiger partial charge in [0.25, 0.3) is 5.91 Å². The van der Waals surface area contributed by atoms with Crippen LogP contribution < -0.4 is 5.32 Å². The highest BCUT2D eigenvalue weighted by atomic mass is 32.1. The van der Waals surface area contributed by atoms with Crippen molar-refractivity contribution in [3.8, 4) is 0 Å². The molecule has 0 radical (unpaired) electrons. The van der Waals surface area contributed by atoms with E-state index >= 15 is 0 Å². The minimum Gasteiger partial charge on any atom is -0.393 e. The quantitative estimate of drug-likeness (QED) is 0.792. The van der Waals surface area contributed by atoms with Crippen LogP contribution in [0.15, 0.2) is 5.38 Å². The second-order valence-electron chi connectivity index (χ2n) is 5.00. The maximum atomic E-state index is 11.8. The number of amides is 1. The number of piperidine rings is 1. The molecule has 1 aliphatic rings. The molecule has 0 aliphatic carbocycles. The average molecular weight is 283 g/mol. The number of hydrogen-bond acceptors (Lipinski definition) is 5. The van der Waals surface area contributed by atoms with Crippen LogP contribution in [0.2, 0.25) is 0 Å². The van der Waals surface area contributed by atoms with Crippen molar-refractivity contribution in [1.82, 2.24) is 14.6 Å². The first-order valence-electron chi connectivity index (χ1n) is 6.76. The lowest BCUT2D eigenvalue weighted by Crippen LogP contribution is -2.37. The maximum Gasteiger partial charge on any atom is 0.254 e. The zero-order valence-corrected chi connectivity index (χ0v) is 12.1. The van der Waals surface area contributed by atoms with Gasteiger partial charge >= 0.3 is 0 Å². The Bertz CT molecular complexity index is 414. The Morgan fingerprint density at radius 1 is 1.58 bits per heavy atom. The van der Waals surface area contributed by atoms with Crippen molar-refractivity contribution in [2.75, 3.05) is 26.2 Å². The van der Waals surface area contributed by atoms with Crippen LogP contribution in [-0.4, -0.2) is 52.6 Å². The molecule has 1 amide bonds. The van der Waals surface area contributed by atoms with Gasteiger partial charge in [0.15, 0.2) is 0 Å². The molecule has 0 saturated carbocycles. The molecule has 2 N–H and O–H groups in total. The minimum atomic E-state index is -0.120. The molecule has 0 aromatic carbocycles. The molecule has 6 heteroatoms. The van der Waals surface area contributed by atoms with Crippen LogP contribution in [-0.2, 0) is 0 Å². The zero-order chi connectivity index (χ0) is 13.7. The Balaban J connectivity index is 1.62. The van der Waals surface area contributed by atoms with E-state index in [2.05, 4.69) is 14.6 Å². The second kappa shape index (κ2) is 6.98. The molecule has 2 rings (SSSR count). The summed E-state index contributed by atoms with van der Waals surface area (Å²) in [7, 11) is 0. The summed E-state index contributed by atoms with van der Waals surface area (Å²) in [5.74, 6) is -0.0275. The monoisotopic (exact) mass is 283 g/mol. The number of hydrogen-bond donors (Lipinski definition) is 2. The third-order valence-electron chi connectivity index (χ3n) is 3.49. The van der Waals surface area contributed by atoms with E-state index in [1.807, 2.05) is 6.92 Å². The number of aliphatic hydroxyl groups excluding tert-OH is 1. The summed E-state index contributed by atoms with van der Waals surface area (Å²) >= 11 is 1.31. The largest absolute Gasteiger partial charge is 0.393 e. The fourth-order valence-corrected chi connectivity index (χ4v) is 2.95. The smallest absolute Gasteiger partial charge is 0.254 e. The van der Waals surface area contributed by atoms with E-state index in [9.17, 15) is 9.90 Å². The number of aryl methyl sites for hydroxylation is 1. The van der Waals surface area contributed by atoms with Crippen LogP contribution in [0.1, 0.15) is 35.3 Å². The SMILES string of the molecule is Cc1nscc1C(=O)NCCCN1CCC(O)CC1. The van der Waals surface area contributed by atoms with E-state index in [4.69, 9.17) is 0 Å². The number of nitrogens with zero attached hydrogens (tertiary/aromatic N) is 2. The van der Waals surface area contributed by atoms with Crippen LogP contribution in [0.5, 0.6) is 0 Å². The summed E-state index contributed by atoms with van der Waals surface area (Å²) < 4.78 is 4.10. The van der Waals surface area contributed by atoms with Crippen LogP contribution in [0.3, 0.4) is 0 Å². The molecule has 5 nitrogen and oxygen atoms in total. The highest BCUT2D eigenvalue weighted by Gasteiger charge is 2.16. The van der Waals surface area contributed by atoms with E-state index in [0.717, 1.165) is 44.6 Å². The lowest BCUT2D eigenvalue weighted by atomic mass is 10.1. The van der Waals surface area contributed by atoms with E-state index in [0.29, 0.717) is 12.1 Å². The number of likely N-dealkylation sites (tertiary alicyclic amines) is 1. The molecular weight excluding hydrogens is 262 g/mol. The second-order valence-corrected chi connectivity index (χ2v) is 5.62. The Morgan fingerprint density at radius 3 is 2.95 bits per heavy atom. The van der Waals surface area contributed by atoms with Gasteiger partial charge in [0, 0.05) is 25.0 Å². The number of aliphatic hydroxyl groups is 1. The predicted octanol–water partition coefficient (Wildman–Crippen LogP) is 1.03. The normalized spacial score (nSPS) is 17.6. The molecule has 0 bridgehead atoms. The van der Waals surface area contributed by atoms with Crippen LogP contribution in [0.4, 0.5) is 0 Å². The lowest BCUT2D eigenvalue weighted by molar-refractivity contribution is 0.0816. The minimum absolute atomic E-state index is 0.0275. The zero-order valence-electron chi connectivity index (χ0n) is 11.3. The van der Waals surface area contributed by atoms with Gasteiger partial charge in [0.1, 0.15) is 0 Å². The van der Waals surface area contributed by atoms with Gasteiger partial charge in [-0.15, -0.1) is 0 Å². The van der Waals surface area contributed by atoms with Gasteiger partial charge in [-0.2, -0.15) is 4.37 Å². The number of nitrogens with one attached hydrogen (secondary N) is 1. The predicted molar refractivity (Wildman–Crippen MR) is 75.5 cm³/mol. The van der Waals surface area contributed by atoms with Crippen molar-refractivity contribution in [3.63, 3.8) is 0 Å². The first kappa shape index (κ1) is 14.4. The van der Waals surface area contributed by atoms with Gasteiger partial charge in [-0.05, 0) is 44.3 Å². The van der Waals surface area contributed by atoms with E-state index in [1.54, 1.807) is 5.38 Å². The third-order valence-corrected chi connectivity index (χ3v) is 4.21. The Kier molecular flexibility index (Phi) is 5.30. The molecule has 0 spiro atoms. The Labute approximate surface area is 117 Å². The van der Waals surface area contributed by atoms with Gasteiger partial charge in [-0.1, -0.05) is 0 Å². The Hall–Kier alpha value is -0.980. The highest BCUT2D eigenvalue weighted by Crippen LogP contribution is 2.10. The molecule has 1 aromatic heterocycles. The number of rotatable bonds is 5. The van der Waals surface area contributed by atoms with Crippen LogP contribution >= 0.6 is 11.5 Å². The first-order valence-corrected chi connectivity index (χ1v) is 7.60. The van der Waals surface area contributed by atoms with Gasteiger partial charge in [0.2, 0.25) is 0 Å². The van der Waals surface area contributed by atoms with E-state index in [1.165, 1.54) is 11.5 Å². The molecule has 0 unspecified atom stereocenters. The molecule has 1 fully saturated rings. The molecular formula is C13H21N3O2S. The van der Waals surface area contributed by atoms with Crippen LogP contribution in [0, 0.1) is 6.92 Å². The van der Waals surface area contributed by atoms with Gasteiger partial charge in [-0.25, -0.2) is 0 Å². The average Bonchev–Trinajstić information content (AvgIpc) is 2.83. The van der Waals surface area contributed by atoms with Crippen molar-refractivity contribution in [3.05, 3.63) is 16.6 Å². The molecule has 1 aliphatic heterocycles. The molecule has 1 aromatic rings. The fraction of sp³-hybridized carbons (Fsp3) is 0.692. The Morgan fingerprint density at radius 2 is 2.32 bits per heavy atom. The molecule has 106 valence electrons. The van der Waals surface area contributed by atoms with Gasteiger partial charge in [-0.3, -0.25) is 4.79 Å². The van der Waals surface area contributed by atoms with Gasteiger partial charge in [0.05, 0.1) is 17.4 Å².